The van der Waals surface area contributed by atoms with Gasteiger partial charge in [-0.2, -0.15) is 0 Å². The van der Waals surface area contributed by atoms with Crippen LogP contribution >= 0.6 is 0 Å². The molecule has 1 amide bonds. The molecule has 6 heteroatoms. The fourth-order valence-electron chi connectivity index (χ4n) is 2.34. The highest BCUT2D eigenvalue weighted by Gasteiger charge is 2.22. The highest BCUT2D eigenvalue weighted by Crippen LogP contribution is 2.30. The van der Waals surface area contributed by atoms with Crippen LogP contribution in [0.3, 0.4) is 0 Å². The zero-order chi connectivity index (χ0) is 18.1. The standard InChI is InChI=1S/C19H30N4O2/c1-4-20-19(22-10-9-21-15(3)24)23-12-17-8-5-14(2)11-18(17)25-13-16-6-7-16/h5,8,11,16H,4,6-7,9-10,12-13H2,1-3H3,(H,21,24)(H2,20,22,23). The SMILES string of the molecule is CCNC(=NCc1ccc(C)cc1OCC1CC1)NCCNC(C)=O. The fraction of sp³-hybridized carbons (Fsp3) is 0.579. The molecule has 1 aliphatic carbocycles. The van der Waals surface area contributed by atoms with Crippen LogP contribution in [0.1, 0.15) is 37.8 Å². The van der Waals surface area contributed by atoms with E-state index < -0.39 is 0 Å². The highest BCUT2D eigenvalue weighted by molar-refractivity contribution is 5.80. The topological polar surface area (TPSA) is 74.8 Å². The lowest BCUT2D eigenvalue weighted by atomic mass is 10.1. The Labute approximate surface area is 150 Å². The lowest BCUT2D eigenvalue weighted by molar-refractivity contribution is -0.118. The number of hydrogen-bond acceptors (Lipinski definition) is 3. The Hall–Kier alpha value is -2.24. The molecule has 2 rings (SSSR count). The third-order valence-electron chi connectivity index (χ3n) is 3.94. The van der Waals surface area contributed by atoms with Crippen molar-refractivity contribution < 1.29 is 9.53 Å². The molecule has 6 nitrogen and oxygen atoms in total. The molecule has 1 fully saturated rings. The number of guanidine groups is 1. The predicted molar refractivity (Wildman–Crippen MR) is 101 cm³/mol. The molecule has 0 saturated heterocycles. The number of amides is 1. The van der Waals surface area contributed by atoms with Gasteiger partial charge in [0.05, 0.1) is 13.2 Å². The molecule has 1 aromatic carbocycles. The molecule has 0 unspecified atom stereocenters. The molecule has 0 radical (unpaired) electrons. The Morgan fingerprint density at radius 3 is 2.68 bits per heavy atom. The largest absolute Gasteiger partial charge is 0.493 e. The zero-order valence-corrected chi connectivity index (χ0v) is 15.5. The average molecular weight is 346 g/mol. The van der Waals surface area contributed by atoms with Crippen LogP contribution in [-0.2, 0) is 11.3 Å². The average Bonchev–Trinajstić information content (AvgIpc) is 3.39. The van der Waals surface area contributed by atoms with Gasteiger partial charge in [-0.25, -0.2) is 4.99 Å². The summed E-state index contributed by atoms with van der Waals surface area (Å²) in [5.74, 6) is 2.37. The van der Waals surface area contributed by atoms with Gasteiger partial charge in [-0.05, 0) is 44.2 Å². The van der Waals surface area contributed by atoms with E-state index in [9.17, 15) is 4.79 Å². The van der Waals surface area contributed by atoms with Crippen LogP contribution in [0.2, 0.25) is 0 Å². The maximum atomic E-state index is 10.9. The van der Waals surface area contributed by atoms with E-state index in [4.69, 9.17) is 4.74 Å². The van der Waals surface area contributed by atoms with Gasteiger partial charge >= 0.3 is 0 Å². The first-order valence-electron chi connectivity index (χ1n) is 9.07. The number of benzene rings is 1. The lowest BCUT2D eigenvalue weighted by Gasteiger charge is -2.13. The van der Waals surface area contributed by atoms with Crippen LogP contribution in [0.4, 0.5) is 0 Å². The second-order valence-corrected chi connectivity index (χ2v) is 6.47. The number of carbonyl (C=O) groups is 1. The quantitative estimate of drug-likeness (QED) is 0.363. The molecule has 0 spiro atoms. The van der Waals surface area contributed by atoms with Gasteiger partial charge in [0.1, 0.15) is 5.75 Å². The number of nitrogens with zero attached hydrogens (tertiary/aromatic N) is 1. The first-order chi connectivity index (χ1) is 12.1. The number of aryl methyl sites for hydroxylation is 1. The molecule has 3 N–H and O–H groups in total. The van der Waals surface area contributed by atoms with Gasteiger partial charge in [-0.15, -0.1) is 0 Å². The Bertz CT molecular complexity index is 597. The van der Waals surface area contributed by atoms with E-state index in [2.05, 4.69) is 46.1 Å². The van der Waals surface area contributed by atoms with Gasteiger partial charge in [-0.3, -0.25) is 4.79 Å². The molecule has 1 aromatic rings. The number of carbonyl (C=O) groups excluding carboxylic acids is 1. The number of ether oxygens (including phenoxy) is 1. The van der Waals surface area contributed by atoms with Crippen LogP contribution in [-0.4, -0.2) is 38.1 Å². The van der Waals surface area contributed by atoms with Crippen molar-refractivity contribution in [1.29, 1.82) is 0 Å². The third-order valence-corrected chi connectivity index (χ3v) is 3.94. The molecule has 1 aliphatic rings. The van der Waals surface area contributed by atoms with Gasteiger partial charge in [0.2, 0.25) is 5.91 Å². The number of nitrogens with one attached hydrogen (secondary N) is 3. The summed E-state index contributed by atoms with van der Waals surface area (Å²) in [4.78, 5) is 15.5. The van der Waals surface area contributed by atoms with E-state index in [1.165, 1.54) is 25.3 Å². The van der Waals surface area contributed by atoms with Crippen LogP contribution in [0, 0.1) is 12.8 Å². The molecular weight excluding hydrogens is 316 g/mol. The van der Waals surface area contributed by atoms with E-state index in [-0.39, 0.29) is 5.91 Å². The second-order valence-electron chi connectivity index (χ2n) is 6.47. The third kappa shape index (κ3) is 7.45. The van der Waals surface area contributed by atoms with Crippen molar-refractivity contribution in [3.05, 3.63) is 29.3 Å². The van der Waals surface area contributed by atoms with Gasteiger partial charge < -0.3 is 20.7 Å². The molecule has 25 heavy (non-hydrogen) atoms. The minimum Gasteiger partial charge on any atom is -0.493 e. The normalized spacial score (nSPS) is 14.1. The number of hydrogen-bond donors (Lipinski definition) is 3. The smallest absolute Gasteiger partial charge is 0.216 e. The van der Waals surface area contributed by atoms with Crippen molar-refractivity contribution in [3.8, 4) is 5.75 Å². The second kappa shape index (κ2) is 9.91. The highest BCUT2D eigenvalue weighted by atomic mass is 16.5. The first kappa shape index (κ1) is 19.1. The molecule has 0 atom stereocenters. The molecule has 0 aliphatic heterocycles. The van der Waals surface area contributed by atoms with Crippen LogP contribution in [0.25, 0.3) is 0 Å². The summed E-state index contributed by atoms with van der Waals surface area (Å²) in [6.45, 7) is 8.95. The molecule has 138 valence electrons. The zero-order valence-electron chi connectivity index (χ0n) is 15.5. The Kier molecular flexibility index (Phi) is 7.57. The van der Waals surface area contributed by atoms with E-state index in [1.807, 2.05) is 6.92 Å². The summed E-state index contributed by atoms with van der Waals surface area (Å²) in [6.07, 6.45) is 2.56. The first-order valence-corrected chi connectivity index (χ1v) is 9.07. The van der Waals surface area contributed by atoms with Crippen molar-refractivity contribution >= 4 is 11.9 Å². The lowest BCUT2D eigenvalue weighted by Crippen LogP contribution is -2.41. The van der Waals surface area contributed by atoms with Gasteiger partial charge in [-0.1, -0.05) is 12.1 Å². The summed E-state index contributed by atoms with van der Waals surface area (Å²) in [5, 5.41) is 9.20. The molecule has 1 saturated carbocycles. The van der Waals surface area contributed by atoms with Crippen molar-refractivity contribution in [2.24, 2.45) is 10.9 Å². The van der Waals surface area contributed by atoms with Crippen molar-refractivity contribution in [2.75, 3.05) is 26.2 Å². The maximum Gasteiger partial charge on any atom is 0.216 e. The molecule has 0 bridgehead atoms. The summed E-state index contributed by atoms with van der Waals surface area (Å²) in [5.41, 5.74) is 2.28. The summed E-state index contributed by atoms with van der Waals surface area (Å²) >= 11 is 0. The van der Waals surface area contributed by atoms with Gasteiger partial charge in [0.25, 0.3) is 0 Å². The summed E-state index contributed by atoms with van der Waals surface area (Å²) in [6, 6.07) is 6.26. The number of rotatable bonds is 9. The van der Waals surface area contributed by atoms with E-state index in [0.29, 0.717) is 19.6 Å². The van der Waals surface area contributed by atoms with E-state index >= 15 is 0 Å². The predicted octanol–water partition coefficient (Wildman–Crippen LogP) is 1.98. The van der Waals surface area contributed by atoms with Crippen LogP contribution in [0.15, 0.2) is 23.2 Å². The molecule has 0 aromatic heterocycles. The summed E-state index contributed by atoms with van der Waals surface area (Å²) in [7, 11) is 0. The van der Waals surface area contributed by atoms with Crippen molar-refractivity contribution in [3.63, 3.8) is 0 Å². The maximum absolute atomic E-state index is 10.9. The Morgan fingerprint density at radius 2 is 2.00 bits per heavy atom. The molecule has 0 heterocycles. The van der Waals surface area contributed by atoms with Gasteiger partial charge in [0.15, 0.2) is 5.96 Å². The summed E-state index contributed by atoms with van der Waals surface area (Å²) < 4.78 is 6.00. The fourth-order valence-corrected chi connectivity index (χ4v) is 2.34. The van der Waals surface area contributed by atoms with Crippen LogP contribution in [0.5, 0.6) is 5.75 Å². The Balaban J connectivity index is 1.93. The molecular formula is C19H30N4O2. The number of aliphatic imine (C=N–C) groups is 1. The minimum absolute atomic E-state index is 0.0270. The van der Waals surface area contributed by atoms with E-state index in [1.54, 1.807) is 0 Å². The monoisotopic (exact) mass is 346 g/mol. The van der Waals surface area contributed by atoms with E-state index in [0.717, 1.165) is 36.3 Å². The van der Waals surface area contributed by atoms with Crippen molar-refractivity contribution in [2.45, 2.75) is 40.2 Å². The minimum atomic E-state index is -0.0270. The van der Waals surface area contributed by atoms with Crippen molar-refractivity contribution in [1.82, 2.24) is 16.0 Å². The Morgan fingerprint density at radius 1 is 1.24 bits per heavy atom. The van der Waals surface area contributed by atoms with Crippen LogP contribution < -0.4 is 20.7 Å². The van der Waals surface area contributed by atoms with Gasteiger partial charge in [0, 0.05) is 32.1 Å².